The summed E-state index contributed by atoms with van der Waals surface area (Å²) in [5.74, 6) is 0. The monoisotopic (exact) mass is 295 g/mol. The smallest absolute Gasteiger partial charge is 0.104 e. The highest BCUT2D eigenvalue weighted by Gasteiger charge is 2.15. The summed E-state index contributed by atoms with van der Waals surface area (Å²) < 4.78 is 0. The molecule has 116 valence electrons. The van der Waals surface area contributed by atoms with Gasteiger partial charge in [0, 0.05) is 0 Å². The number of benzene rings is 2. The lowest BCUT2D eigenvalue weighted by molar-refractivity contribution is -0.0503. The lowest BCUT2D eigenvalue weighted by Gasteiger charge is -2.23. The maximum Gasteiger partial charge on any atom is 0.104 e. The van der Waals surface area contributed by atoms with Crippen molar-refractivity contribution in [1.29, 1.82) is 0 Å². The van der Waals surface area contributed by atoms with Crippen molar-refractivity contribution < 1.29 is 4.84 Å². The molecule has 0 aliphatic heterocycles. The minimum atomic E-state index is 0.0715. The quantitative estimate of drug-likeness (QED) is 0.496. The molecule has 0 saturated heterocycles. The first-order valence-corrected chi connectivity index (χ1v) is 7.97. The molecule has 22 heavy (non-hydrogen) atoms. The molecular weight excluding hydrogens is 270 g/mol. The third-order valence-corrected chi connectivity index (χ3v) is 3.68. The van der Waals surface area contributed by atoms with Gasteiger partial charge in [-0.3, -0.25) is 4.84 Å². The Morgan fingerprint density at radius 2 is 1.59 bits per heavy atom. The van der Waals surface area contributed by atoms with Gasteiger partial charge in [-0.1, -0.05) is 80.1 Å². The topological polar surface area (TPSA) is 21.3 Å². The van der Waals surface area contributed by atoms with Crippen molar-refractivity contribution in [2.24, 2.45) is 0 Å². The summed E-state index contributed by atoms with van der Waals surface area (Å²) >= 11 is 0. The zero-order chi connectivity index (χ0) is 15.6. The Labute approximate surface area is 133 Å². The molecule has 0 aliphatic carbocycles. The highest BCUT2D eigenvalue weighted by atomic mass is 16.7. The van der Waals surface area contributed by atoms with Crippen LogP contribution in [0.5, 0.6) is 0 Å². The summed E-state index contributed by atoms with van der Waals surface area (Å²) in [4.78, 5) is 6.04. The van der Waals surface area contributed by atoms with Crippen molar-refractivity contribution in [2.45, 2.75) is 38.3 Å². The summed E-state index contributed by atoms with van der Waals surface area (Å²) in [6, 6.07) is 20.9. The zero-order valence-electron chi connectivity index (χ0n) is 13.2. The van der Waals surface area contributed by atoms with Crippen LogP contribution in [0.2, 0.25) is 0 Å². The molecule has 0 unspecified atom stereocenters. The van der Waals surface area contributed by atoms with Crippen LogP contribution in [0.25, 0.3) is 0 Å². The van der Waals surface area contributed by atoms with E-state index in [0.717, 1.165) is 19.3 Å². The maximum absolute atomic E-state index is 6.04. The molecule has 2 rings (SSSR count). The van der Waals surface area contributed by atoms with Gasteiger partial charge in [0.05, 0.1) is 6.04 Å². The number of hydrogen-bond acceptors (Lipinski definition) is 2. The zero-order valence-corrected chi connectivity index (χ0v) is 13.2. The van der Waals surface area contributed by atoms with E-state index in [1.807, 2.05) is 30.3 Å². The second-order valence-corrected chi connectivity index (χ2v) is 5.41. The van der Waals surface area contributed by atoms with Crippen molar-refractivity contribution >= 4 is 0 Å². The molecule has 2 heteroatoms. The van der Waals surface area contributed by atoms with E-state index in [-0.39, 0.29) is 12.1 Å². The van der Waals surface area contributed by atoms with Crippen LogP contribution in [0.1, 0.15) is 49.5 Å². The Bertz CT molecular complexity index is 538. The molecule has 2 nitrogen and oxygen atoms in total. The van der Waals surface area contributed by atoms with Gasteiger partial charge < -0.3 is 0 Å². The van der Waals surface area contributed by atoms with Gasteiger partial charge in [-0.05, 0) is 24.0 Å². The van der Waals surface area contributed by atoms with Gasteiger partial charge in [0.25, 0.3) is 0 Å². The lowest BCUT2D eigenvalue weighted by Crippen LogP contribution is -2.24. The van der Waals surface area contributed by atoms with E-state index >= 15 is 0 Å². The maximum atomic E-state index is 6.04. The third kappa shape index (κ3) is 4.83. The largest absolute Gasteiger partial charge is 0.293 e. The van der Waals surface area contributed by atoms with Crippen LogP contribution in [0.4, 0.5) is 0 Å². The molecule has 1 N–H and O–H groups in total. The number of hydroxylamine groups is 1. The second kappa shape index (κ2) is 9.19. The average molecular weight is 295 g/mol. The summed E-state index contributed by atoms with van der Waals surface area (Å²) in [6.45, 7) is 6.03. The predicted molar refractivity (Wildman–Crippen MR) is 92.3 cm³/mol. The van der Waals surface area contributed by atoms with E-state index in [4.69, 9.17) is 4.84 Å². The van der Waals surface area contributed by atoms with Crippen LogP contribution >= 0.6 is 0 Å². The normalized spacial score (nSPS) is 13.5. The van der Waals surface area contributed by atoms with Crippen molar-refractivity contribution in [3.8, 4) is 0 Å². The second-order valence-electron chi connectivity index (χ2n) is 5.41. The van der Waals surface area contributed by atoms with Crippen molar-refractivity contribution in [3.63, 3.8) is 0 Å². The Hall–Kier alpha value is -1.90. The van der Waals surface area contributed by atoms with Gasteiger partial charge in [0.1, 0.15) is 6.10 Å². The van der Waals surface area contributed by atoms with E-state index in [1.165, 1.54) is 11.1 Å². The molecule has 2 atom stereocenters. The van der Waals surface area contributed by atoms with E-state index in [0.29, 0.717) is 0 Å². The summed E-state index contributed by atoms with van der Waals surface area (Å²) in [7, 11) is 0. The molecule has 0 aliphatic rings. The standard InChI is InChI=1S/C20H25NO/c1-3-11-19(17-13-7-5-8-14-17)21-22-20(12-4-2)18-15-9-6-10-16-18/h3,5-10,13-16,19-21H,1,4,11-12H2,2H3/t19-,20-/m1/s1. The molecule has 2 aromatic carbocycles. The summed E-state index contributed by atoms with van der Waals surface area (Å²) in [5, 5.41) is 0. The highest BCUT2D eigenvalue weighted by Crippen LogP contribution is 2.24. The Morgan fingerprint density at radius 1 is 1.00 bits per heavy atom. The van der Waals surface area contributed by atoms with Crippen LogP contribution in [-0.2, 0) is 4.84 Å². The van der Waals surface area contributed by atoms with Crippen LogP contribution in [0.3, 0.4) is 0 Å². The molecule has 0 spiro atoms. The molecule has 0 fully saturated rings. The molecule has 2 aromatic rings. The Morgan fingerprint density at radius 3 is 2.14 bits per heavy atom. The molecule has 0 saturated carbocycles. The number of nitrogens with one attached hydrogen (secondary N) is 1. The van der Waals surface area contributed by atoms with Gasteiger partial charge in [-0.25, -0.2) is 0 Å². The van der Waals surface area contributed by atoms with Gasteiger partial charge in [-0.2, -0.15) is 5.48 Å². The van der Waals surface area contributed by atoms with Crippen LogP contribution in [-0.4, -0.2) is 0 Å². The SMILES string of the molecule is C=CC[C@@H](NO[C@H](CCC)c1ccccc1)c1ccccc1. The summed E-state index contributed by atoms with van der Waals surface area (Å²) in [6.07, 6.45) is 4.90. The molecule has 0 aromatic heterocycles. The minimum absolute atomic E-state index is 0.0715. The van der Waals surface area contributed by atoms with Crippen LogP contribution in [0, 0.1) is 0 Å². The molecule has 0 amide bonds. The summed E-state index contributed by atoms with van der Waals surface area (Å²) in [5.41, 5.74) is 5.67. The first-order chi connectivity index (χ1) is 10.8. The van der Waals surface area contributed by atoms with Crippen LogP contribution < -0.4 is 5.48 Å². The fourth-order valence-electron chi connectivity index (χ4n) is 2.49. The Kier molecular flexibility index (Phi) is 6.88. The molecule has 0 radical (unpaired) electrons. The van der Waals surface area contributed by atoms with E-state index in [9.17, 15) is 0 Å². The van der Waals surface area contributed by atoms with Gasteiger partial charge >= 0.3 is 0 Å². The van der Waals surface area contributed by atoms with Crippen molar-refractivity contribution in [2.75, 3.05) is 0 Å². The average Bonchev–Trinajstić information content (AvgIpc) is 2.59. The molecular formula is C20H25NO. The lowest BCUT2D eigenvalue weighted by atomic mass is 10.0. The first-order valence-electron chi connectivity index (χ1n) is 7.97. The fourth-order valence-corrected chi connectivity index (χ4v) is 2.49. The van der Waals surface area contributed by atoms with Gasteiger partial charge in [0.15, 0.2) is 0 Å². The first kappa shape index (κ1) is 16.5. The predicted octanol–water partition coefficient (Wildman–Crippen LogP) is 5.37. The van der Waals surface area contributed by atoms with Gasteiger partial charge in [-0.15, -0.1) is 6.58 Å². The van der Waals surface area contributed by atoms with E-state index in [1.54, 1.807) is 0 Å². The van der Waals surface area contributed by atoms with E-state index in [2.05, 4.69) is 55.4 Å². The Balaban J connectivity index is 2.04. The van der Waals surface area contributed by atoms with Gasteiger partial charge in [0.2, 0.25) is 0 Å². The van der Waals surface area contributed by atoms with Crippen LogP contribution in [0.15, 0.2) is 73.3 Å². The third-order valence-electron chi connectivity index (χ3n) is 3.68. The van der Waals surface area contributed by atoms with Crippen molar-refractivity contribution in [1.82, 2.24) is 5.48 Å². The highest BCUT2D eigenvalue weighted by molar-refractivity contribution is 5.20. The fraction of sp³-hybridized carbons (Fsp3) is 0.300. The minimum Gasteiger partial charge on any atom is -0.293 e. The number of hydrogen-bond donors (Lipinski definition) is 1. The van der Waals surface area contributed by atoms with Crippen molar-refractivity contribution in [3.05, 3.63) is 84.4 Å². The number of rotatable bonds is 9. The van der Waals surface area contributed by atoms with E-state index < -0.39 is 0 Å². The molecule has 0 heterocycles. The molecule has 0 bridgehead atoms.